The predicted molar refractivity (Wildman–Crippen MR) is 302 cm³/mol. The van der Waals surface area contributed by atoms with Crippen molar-refractivity contribution in [1.82, 2.24) is 0 Å². The molecule has 0 rings (SSSR count). The van der Waals surface area contributed by atoms with Crippen LogP contribution >= 0.6 is 0 Å². The zero-order valence-electron chi connectivity index (χ0n) is 46.8. The van der Waals surface area contributed by atoms with E-state index < -0.39 is 6.10 Å². The van der Waals surface area contributed by atoms with E-state index in [2.05, 4.69) is 69.4 Å². The molecule has 0 aromatic heterocycles. The second-order valence-corrected chi connectivity index (χ2v) is 20.6. The van der Waals surface area contributed by atoms with E-state index in [0.29, 0.717) is 19.3 Å². The molecular weight excluding hydrogens is 865 g/mol. The number of carbonyl (C=O) groups is 3. The Morgan fingerprint density at radius 2 is 0.514 bits per heavy atom. The molecule has 1 unspecified atom stereocenters. The van der Waals surface area contributed by atoms with E-state index in [1.807, 2.05) is 0 Å². The highest BCUT2D eigenvalue weighted by Crippen LogP contribution is 2.16. The molecule has 6 nitrogen and oxygen atoms in total. The van der Waals surface area contributed by atoms with Crippen molar-refractivity contribution >= 4 is 17.9 Å². The molecule has 0 saturated carbocycles. The third-order valence-electron chi connectivity index (χ3n) is 13.5. The summed E-state index contributed by atoms with van der Waals surface area (Å²) in [6, 6.07) is 0. The number of carbonyl (C=O) groups excluding carboxylic acids is 3. The summed E-state index contributed by atoms with van der Waals surface area (Å²) in [4.78, 5) is 38.2. The Bertz CT molecular complexity index is 1220. The highest BCUT2D eigenvalue weighted by molar-refractivity contribution is 5.71. The highest BCUT2D eigenvalue weighted by Gasteiger charge is 2.19. The first kappa shape index (κ1) is 67.4. The third-order valence-corrected chi connectivity index (χ3v) is 13.5. The van der Waals surface area contributed by atoms with Gasteiger partial charge in [-0.25, -0.2) is 0 Å². The van der Waals surface area contributed by atoms with E-state index in [0.717, 1.165) is 77.0 Å². The molecule has 0 N–H and O–H groups in total. The Balaban J connectivity index is 4.33. The van der Waals surface area contributed by atoms with Gasteiger partial charge in [0.25, 0.3) is 0 Å². The first-order valence-corrected chi connectivity index (χ1v) is 30.6. The van der Waals surface area contributed by atoms with Crippen molar-refractivity contribution < 1.29 is 28.6 Å². The first-order chi connectivity index (χ1) is 34.5. The highest BCUT2D eigenvalue weighted by atomic mass is 16.6. The average Bonchev–Trinajstić information content (AvgIpc) is 3.36. The Hall–Kier alpha value is -2.63. The lowest BCUT2D eigenvalue weighted by Crippen LogP contribution is -2.30. The van der Waals surface area contributed by atoms with Gasteiger partial charge in [0.1, 0.15) is 13.2 Å². The van der Waals surface area contributed by atoms with Crippen LogP contribution in [0, 0.1) is 0 Å². The van der Waals surface area contributed by atoms with Crippen LogP contribution in [0.1, 0.15) is 323 Å². The molecule has 70 heavy (non-hydrogen) atoms. The molecule has 408 valence electrons. The number of rotatable bonds is 56. The maximum atomic E-state index is 12.9. The summed E-state index contributed by atoms with van der Waals surface area (Å²) in [5.74, 6) is -0.882. The smallest absolute Gasteiger partial charge is 0.306 e. The molecule has 0 bridgehead atoms. The Labute approximate surface area is 435 Å². The fourth-order valence-corrected chi connectivity index (χ4v) is 8.88. The van der Waals surface area contributed by atoms with Crippen LogP contribution in [0.2, 0.25) is 0 Å². The van der Waals surface area contributed by atoms with Gasteiger partial charge in [-0.3, -0.25) is 14.4 Å². The Kier molecular flexibility index (Phi) is 56.7. The second-order valence-electron chi connectivity index (χ2n) is 20.6. The van der Waals surface area contributed by atoms with Crippen LogP contribution in [0.5, 0.6) is 0 Å². The normalized spacial score (nSPS) is 12.3. The molecule has 0 radical (unpaired) electrons. The van der Waals surface area contributed by atoms with Gasteiger partial charge in [0, 0.05) is 19.3 Å². The van der Waals surface area contributed by atoms with Crippen molar-refractivity contribution in [2.45, 2.75) is 329 Å². The Morgan fingerprint density at radius 1 is 0.286 bits per heavy atom. The lowest BCUT2D eigenvalue weighted by atomic mass is 10.1. The summed E-state index contributed by atoms with van der Waals surface area (Å²) in [6.45, 7) is 6.63. The largest absolute Gasteiger partial charge is 0.462 e. The van der Waals surface area contributed by atoms with Crippen molar-refractivity contribution in [2.75, 3.05) is 13.2 Å². The molecular formula is C64H116O6. The Morgan fingerprint density at radius 3 is 0.814 bits per heavy atom. The number of ether oxygens (including phenoxy) is 3. The summed E-state index contributed by atoms with van der Waals surface area (Å²) in [6.07, 6.45) is 72.5. The van der Waals surface area contributed by atoms with Gasteiger partial charge in [-0.05, 0) is 103 Å². The van der Waals surface area contributed by atoms with Crippen LogP contribution in [0.3, 0.4) is 0 Å². The van der Waals surface area contributed by atoms with Gasteiger partial charge in [0.05, 0.1) is 0 Å². The van der Waals surface area contributed by atoms with E-state index in [9.17, 15) is 14.4 Å². The van der Waals surface area contributed by atoms with Gasteiger partial charge < -0.3 is 14.2 Å². The molecule has 0 aliphatic heterocycles. The van der Waals surface area contributed by atoms with Crippen molar-refractivity contribution in [3.05, 3.63) is 48.6 Å². The van der Waals surface area contributed by atoms with Crippen molar-refractivity contribution in [2.24, 2.45) is 0 Å². The number of esters is 3. The topological polar surface area (TPSA) is 78.9 Å². The minimum absolute atomic E-state index is 0.0783. The van der Waals surface area contributed by atoms with Gasteiger partial charge >= 0.3 is 17.9 Å². The van der Waals surface area contributed by atoms with Gasteiger partial charge in [0.2, 0.25) is 0 Å². The third kappa shape index (κ3) is 56.3. The molecule has 0 amide bonds. The SMILES string of the molecule is CCCCCC/C=C\C/C=C\CCCCCCCCCC(=O)OC(COC(=O)CCCCCCC/C=C\CCCCCC)COC(=O)CCCCCCCCCCC/C=C\CCCCCCCCCC. The van der Waals surface area contributed by atoms with Crippen LogP contribution in [-0.4, -0.2) is 37.2 Å². The molecule has 0 heterocycles. The zero-order valence-corrected chi connectivity index (χ0v) is 46.8. The second kappa shape index (κ2) is 58.9. The van der Waals surface area contributed by atoms with E-state index >= 15 is 0 Å². The van der Waals surface area contributed by atoms with Crippen molar-refractivity contribution in [1.29, 1.82) is 0 Å². The monoisotopic (exact) mass is 981 g/mol. The molecule has 0 fully saturated rings. The van der Waals surface area contributed by atoms with Crippen molar-refractivity contribution in [3.8, 4) is 0 Å². The summed E-state index contributed by atoms with van der Waals surface area (Å²) in [5.41, 5.74) is 0. The molecule has 0 aliphatic carbocycles. The maximum absolute atomic E-state index is 12.9. The van der Waals surface area contributed by atoms with Gasteiger partial charge in [0.15, 0.2) is 6.10 Å². The molecule has 0 aromatic rings. The molecule has 0 aromatic carbocycles. The number of unbranched alkanes of at least 4 members (excludes halogenated alkanes) is 37. The number of hydrogen-bond donors (Lipinski definition) is 0. The molecule has 0 saturated heterocycles. The lowest BCUT2D eigenvalue weighted by Gasteiger charge is -2.18. The van der Waals surface area contributed by atoms with E-state index in [1.165, 1.54) is 205 Å². The average molecular weight is 982 g/mol. The van der Waals surface area contributed by atoms with Gasteiger partial charge in [-0.15, -0.1) is 0 Å². The fraction of sp³-hybridized carbons (Fsp3) is 0.828. The molecule has 0 spiro atoms. The van der Waals surface area contributed by atoms with E-state index in [4.69, 9.17) is 14.2 Å². The van der Waals surface area contributed by atoms with Crippen molar-refractivity contribution in [3.63, 3.8) is 0 Å². The summed E-state index contributed by atoms with van der Waals surface area (Å²) in [7, 11) is 0. The maximum Gasteiger partial charge on any atom is 0.306 e. The molecule has 1 atom stereocenters. The van der Waals surface area contributed by atoms with Crippen LogP contribution in [0.25, 0.3) is 0 Å². The number of hydrogen-bond acceptors (Lipinski definition) is 6. The van der Waals surface area contributed by atoms with Crippen LogP contribution < -0.4 is 0 Å². The van der Waals surface area contributed by atoms with Gasteiger partial charge in [-0.2, -0.15) is 0 Å². The standard InChI is InChI=1S/C64H116O6/c1-4-7-10-13-16-19-22-25-27-29-31-32-33-35-36-39-42-45-48-51-54-57-63(66)69-60-61(59-68-62(65)56-53-50-47-44-41-38-24-21-18-15-12-9-6-3)70-64(67)58-55-52-49-46-43-40-37-34-30-28-26-23-20-17-14-11-8-5-2/h20-21,23-24,28-31,61H,4-19,22,25-27,32-60H2,1-3H3/b23-20-,24-21-,30-28-,31-29-. The zero-order chi connectivity index (χ0) is 50.7. The minimum atomic E-state index is -0.781. The summed E-state index contributed by atoms with van der Waals surface area (Å²) in [5, 5.41) is 0. The predicted octanol–water partition coefficient (Wildman–Crippen LogP) is 20.6. The minimum Gasteiger partial charge on any atom is -0.462 e. The van der Waals surface area contributed by atoms with Crippen LogP contribution in [-0.2, 0) is 28.6 Å². The molecule has 0 aliphatic rings. The quantitative estimate of drug-likeness (QED) is 0.0261. The first-order valence-electron chi connectivity index (χ1n) is 30.6. The van der Waals surface area contributed by atoms with E-state index in [1.54, 1.807) is 0 Å². The van der Waals surface area contributed by atoms with E-state index in [-0.39, 0.29) is 31.1 Å². The molecule has 6 heteroatoms. The number of allylic oxidation sites excluding steroid dienone is 8. The summed E-state index contributed by atoms with van der Waals surface area (Å²) < 4.78 is 16.9. The summed E-state index contributed by atoms with van der Waals surface area (Å²) >= 11 is 0. The van der Waals surface area contributed by atoms with Gasteiger partial charge in [-0.1, -0.05) is 249 Å². The van der Waals surface area contributed by atoms with Crippen LogP contribution in [0.4, 0.5) is 0 Å². The van der Waals surface area contributed by atoms with Crippen LogP contribution in [0.15, 0.2) is 48.6 Å². The lowest BCUT2D eigenvalue weighted by molar-refractivity contribution is -0.167. The fourth-order valence-electron chi connectivity index (χ4n) is 8.88.